The van der Waals surface area contributed by atoms with E-state index < -0.39 is 0 Å². The lowest BCUT2D eigenvalue weighted by Gasteiger charge is -2.12. The van der Waals surface area contributed by atoms with Crippen molar-refractivity contribution in [2.24, 2.45) is 0 Å². The van der Waals surface area contributed by atoms with Gasteiger partial charge in [-0.25, -0.2) is 0 Å². The van der Waals surface area contributed by atoms with E-state index in [1.807, 2.05) is 13.0 Å². The minimum atomic E-state index is -0.384. The number of rotatable bonds is 6. The highest BCUT2D eigenvalue weighted by molar-refractivity contribution is 5.19. The summed E-state index contributed by atoms with van der Waals surface area (Å²) >= 11 is 0. The van der Waals surface area contributed by atoms with E-state index >= 15 is 0 Å². The molecule has 0 amide bonds. The molecule has 3 nitrogen and oxygen atoms in total. The van der Waals surface area contributed by atoms with Gasteiger partial charge < -0.3 is 14.3 Å². The van der Waals surface area contributed by atoms with E-state index in [-0.39, 0.29) is 6.10 Å². The van der Waals surface area contributed by atoms with Crippen LogP contribution in [0.1, 0.15) is 56.5 Å². The average Bonchev–Trinajstić information content (AvgIpc) is 2.99. The summed E-state index contributed by atoms with van der Waals surface area (Å²) in [6.07, 6.45) is 7.80. The highest BCUT2D eigenvalue weighted by atomic mass is 16.5. The van der Waals surface area contributed by atoms with E-state index in [0.717, 1.165) is 43.6 Å². The van der Waals surface area contributed by atoms with Crippen LogP contribution in [0.25, 0.3) is 0 Å². The molecule has 2 unspecified atom stereocenters. The number of hydrogen-bond acceptors (Lipinski definition) is 3. The van der Waals surface area contributed by atoms with E-state index in [9.17, 15) is 5.11 Å². The van der Waals surface area contributed by atoms with Crippen molar-refractivity contribution in [2.75, 3.05) is 6.61 Å². The summed E-state index contributed by atoms with van der Waals surface area (Å²) < 4.78 is 10.9. The van der Waals surface area contributed by atoms with Crippen LogP contribution < -0.4 is 0 Å². The van der Waals surface area contributed by atoms with Gasteiger partial charge in [0, 0.05) is 18.6 Å². The lowest BCUT2D eigenvalue weighted by molar-refractivity contribution is 0.0942. The zero-order chi connectivity index (χ0) is 12.1. The van der Waals surface area contributed by atoms with Gasteiger partial charge in [-0.15, -0.1) is 0 Å². The molecule has 1 saturated heterocycles. The number of furan rings is 1. The van der Waals surface area contributed by atoms with Gasteiger partial charge in [0.1, 0.15) is 5.76 Å². The minimum absolute atomic E-state index is 0.384. The van der Waals surface area contributed by atoms with Crippen molar-refractivity contribution in [1.29, 1.82) is 0 Å². The van der Waals surface area contributed by atoms with Crippen molar-refractivity contribution >= 4 is 0 Å². The molecule has 2 heterocycles. The number of aliphatic hydroxyl groups excluding tert-OH is 1. The fourth-order valence-electron chi connectivity index (χ4n) is 2.50. The van der Waals surface area contributed by atoms with Crippen molar-refractivity contribution in [3.63, 3.8) is 0 Å². The molecule has 1 aliphatic heterocycles. The number of aliphatic hydroxyl groups is 1. The molecule has 0 aromatic carbocycles. The van der Waals surface area contributed by atoms with Crippen molar-refractivity contribution < 1.29 is 14.3 Å². The van der Waals surface area contributed by atoms with Gasteiger partial charge in [0.05, 0.1) is 18.5 Å². The Morgan fingerprint density at radius 2 is 2.41 bits per heavy atom. The molecule has 0 radical (unpaired) electrons. The second-order valence-corrected chi connectivity index (χ2v) is 4.73. The third-order valence-corrected chi connectivity index (χ3v) is 3.49. The van der Waals surface area contributed by atoms with Crippen LogP contribution >= 0.6 is 0 Å². The zero-order valence-electron chi connectivity index (χ0n) is 10.5. The maximum absolute atomic E-state index is 10.1. The molecule has 1 N–H and O–H groups in total. The number of hydrogen-bond donors (Lipinski definition) is 1. The molecule has 1 aromatic rings. The van der Waals surface area contributed by atoms with E-state index in [2.05, 4.69) is 0 Å². The molecule has 1 aromatic heterocycles. The fourth-order valence-corrected chi connectivity index (χ4v) is 2.50. The van der Waals surface area contributed by atoms with E-state index in [4.69, 9.17) is 9.15 Å². The van der Waals surface area contributed by atoms with Crippen molar-refractivity contribution in [1.82, 2.24) is 0 Å². The highest BCUT2D eigenvalue weighted by Gasteiger charge is 2.17. The Bertz CT molecular complexity index is 326. The molecule has 1 aliphatic rings. The fraction of sp³-hybridized carbons (Fsp3) is 0.714. The first-order chi connectivity index (χ1) is 8.31. The highest BCUT2D eigenvalue weighted by Crippen LogP contribution is 2.26. The van der Waals surface area contributed by atoms with Crippen LogP contribution in [0.4, 0.5) is 0 Å². The quantitative estimate of drug-likeness (QED) is 0.827. The van der Waals surface area contributed by atoms with E-state index in [1.165, 1.54) is 12.8 Å². The Hall–Kier alpha value is -0.800. The van der Waals surface area contributed by atoms with Crippen LogP contribution in [0.3, 0.4) is 0 Å². The van der Waals surface area contributed by atoms with Crippen molar-refractivity contribution in [2.45, 2.75) is 57.7 Å². The van der Waals surface area contributed by atoms with Crippen LogP contribution in [0, 0.1) is 0 Å². The molecule has 0 bridgehead atoms. The average molecular weight is 238 g/mol. The second kappa shape index (κ2) is 6.22. The van der Waals surface area contributed by atoms with Gasteiger partial charge in [-0.1, -0.05) is 6.92 Å². The smallest absolute Gasteiger partial charge is 0.109 e. The van der Waals surface area contributed by atoms with Gasteiger partial charge in [0.25, 0.3) is 0 Å². The molecule has 17 heavy (non-hydrogen) atoms. The molecule has 0 aliphatic carbocycles. The molecule has 0 spiro atoms. The molecular weight excluding hydrogens is 216 g/mol. The standard InChI is InChI=1S/C14H22O3/c1-2-14-12(8-10-17-14)13(15)7-3-5-11-6-4-9-16-11/h8,10-11,13,15H,2-7,9H2,1H3. The van der Waals surface area contributed by atoms with Gasteiger partial charge in [0.15, 0.2) is 0 Å². The van der Waals surface area contributed by atoms with Crippen molar-refractivity contribution in [3.05, 3.63) is 23.7 Å². The summed E-state index contributed by atoms with van der Waals surface area (Å²) in [7, 11) is 0. The molecule has 2 atom stereocenters. The maximum atomic E-state index is 10.1. The Morgan fingerprint density at radius 1 is 1.53 bits per heavy atom. The Kier molecular flexibility index (Phi) is 4.63. The summed E-state index contributed by atoms with van der Waals surface area (Å²) in [5, 5.41) is 10.1. The van der Waals surface area contributed by atoms with Gasteiger partial charge in [0.2, 0.25) is 0 Å². The first-order valence-corrected chi connectivity index (χ1v) is 6.67. The SMILES string of the molecule is CCc1occc1C(O)CCCC1CCCO1. The lowest BCUT2D eigenvalue weighted by Crippen LogP contribution is -2.06. The molecular formula is C14H22O3. The summed E-state index contributed by atoms with van der Waals surface area (Å²) in [6, 6.07) is 1.88. The minimum Gasteiger partial charge on any atom is -0.469 e. The van der Waals surface area contributed by atoms with E-state index in [1.54, 1.807) is 6.26 Å². The molecule has 96 valence electrons. The largest absolute Gasteiger partial charge is 0.469 e. The monoisotopic (exact) mass is 238 g/mol. The van der Waals surface area contributed by atoms with Crippen LogP contribution in [-0.4, -0.2) is 17.8 Å². The molecule has 3 heteroatoms. The summed E-state index contributed by atoms with van der Waals surface area (Å²) in [5.74, 6) is 0.912. The summed E-state index contributed by atoms with van der Waals surface area (Å²) in [5.41, 5.74) is 0.958. The molecule has 2 rings (SSSR count). The first kappa shape index (κ1) is 12.7. The normalized spacial score (nSPS) is 21.9. The van der Waals surface area contributed by atoms with Gasteiger partial charge in [-0.05, 0) is 38.2 Å². The van der Waals surface area contributed by atoms with Gasteiger partial charge >= 0.3 is 0 Å². The van der Waals surface area contributed by atoms with Crippen LogP contribution in [0.5, 0.6) is 0 Å². The lowest BCUT2D eigenvalue weighted by atomic mass is 10.0. The van der Waals surface area contributed by atoms with E-state index in [0.29, 0.717) is 6.10 Å². The first-order valence-electron chi connectivity index (χ1n) is 6.67. The summed E-state index contributed by atoms with van der Waals surface area (Å²) in [4.78, 5) is 0. The number of aryl methyl sites for hydroxylation is 1. The summed E-state index contributed by atoms with van der Waals surface area (Å²) in [6.45, 7) is 2.95. The predicted molar refractivity (Wildman–Crippen MR) is 65.9 cm³/mol. The topological polar surface area (TPSA) is 42.6 Å². The zero-order valence-corrected chi connectivity index (χ0v) is 10.5. The predicted octanol–water partition coefficient (Wildman–Crippen LogP) is 3.22. The third kappa shape index (κ3) is 3.33. The van der Waals surface area contributed by atoms with Crippen LogP contribution in [-0.2, 0) is 11.2 Å². The third-order valence-electron chi connectivity index (χ3n) is 3.49. The maximum Gasteiger partial charge on any atom is 0.109 e. The Morgan fingerprint density at radius 3 is 3.12 bits per heavy atom. The second-order valence-electron chi connectivity index (χ2n) is 4.73. The Balaban J connectivity index is 1.74. The molecule has 1 fully saturated rings. The van der Waals surface area contributed by atoms with Crippen molar-refractivity contribution in [3.8, 4) is 0 Å². The molecule has 0 saturated carbocycles. The Labute approximate surface area is 103 Å². The van der Waals surface area contributed by atoms with Crippen LogP contribution in [0.15, 0.2) is 16.7 Å². The van der Waals surface area contributed by atoms with Crippen LogP contribution in [0.2, 0.25) is 0 Å². The van der Waals surface area contributed by atoms with Gasteiger partial charge in [-0.3, -0.25) is 0 Å². The number of ether oxygens (including phenoxy) is 1. The van der Waals surface area contributed by atoms with Gasteiger partial charge in [-0.2, -0.15) is 0 Å².